The molecule has 142 valence electrons. The number of hydrogen-bond donors (Lipinski definition) is 0. The second-order valence-corrected chi connectivity index (χ2v) is 7.94. The Morgan fingerprint density at radius 1 is 0.724 bits per heavy atom. The molecule has 1 aliphatic heterocycles. The molecule has 0 unspecified atom stereocenters. The third-order valence-electron chi connectivity index (χ3n) is 6.38. The molecule has 1 saturated heterocycles. The molecular formula is C27H23NO. The van der Waals surface area contributed by atoms with Gasteiger partial charge in [-0.2, -0.15) is 0 Å². The number of hydrogen-bond acceptors (Lipinski definition) is 2. The molecule has 1 atom stereocenters. The Hall–Kier alpha value is -2.94. The minimum atomic E-state index is 0.282. The summed E-state index contributed by atoms with van der Waals surface area (Å²) >= 11 is 0. The zero-order chi connectivity index (χ0) is 19.2. The second kappa shape index (κ2) is 6.84. The number of fused-ring (bicyclic) bond motifs is 4. The zero-order valence-electron chi connectivity index (χ0n) is 16.3. The van der Waals surface area contributed by atoms with Crippen molar-refractivity contribution in [1.29, 1.82) is 0 Å². The lowest BCUT2D eigenvalue weighted by molar-refractivity contribution is 0.0248. The molecular weight excluding hydrogens is 354 g/mol. The van der Waals surface area contributed by atoms with Gasteiger partial charge in [-0.15, -0.1) is 0 Å². The Morgan fingerprint density at radius 2 is 1.45 bits per heavy atom. The first-order valence-corrected chi connectivity index (χ1v) is 10.4. The molecule has 0 saturated carbocycles. The maximum absolute atomic E-state index is 5.68. The Bertz CT molecular complexity index is 1190. The fraction of sp³-hybridized carbons (Fsp3) is 0.185. The highest BCUT2D eigenvalue weighted by atomic mass is 16.5. The fourth-order valence-corrected chi connectivity index (χ4v) is 5.14. The van der Waals surface area contributed by atoms with Gasteiger partial charge in [-0.3, -0.25) is 4.90 Å². The molecule has 0 radical (unpaired) electrons. The van der Waals surface area contributed by atoms with Gasteiger partial charge >= 0.3 is 0 Å². The van der Waals surface area contributed by atoms with Crippen molar-refractivity contribution >= 4 is 10.8 Å². The predicted molar refractivity (Wildman–Crippen MR) is 119 cm³/mol. The average molecular weight is 377 g/mol. The van der Waals surface area contributed by atoms with Crippen LogP contribution in [0.25, 0.3) is 33.0 Å². The van der Waals surface area contributed by atoms with Gasteiger partial charge in [0.2, 0.25) is 0 Å². The minimum Gasteiger partial charge on any atom is -0.379 e. The summed E-state index contributed by atoms with van der Waals surface area (Å²) in [6, 6.07) is 31.4. The van der Waals surface area contributed by atoms with E-state index in [1.807, 2.05) is 0 Å². The first kappa shape index (κ1) is 17.0. The van der Waals surface area contributed by atoms with Crippen LogP contribution in [0.2, 0.25) is 0 Å². The van der Waals surface area contributed by atoms with Crippen molar-refractivity contribution in [2.75, 3.05) is 26.3 Å². The Labute approximate surface area is 171 Å². The van der Waals surface area contributed by atoms with Crippen molar-refractivity contribution in [3.05, 3.63) is 96.1 Å². The monoisotopic (exact) mass is 377 g/mol. The van der Waals surface area contributed by atoms with Crippen LogP contribution in [0.15, 0.2) is 84.9 Å². The Kier molecular flexibility index (Phi) is 4.00. The molecule has 2 heteroatoms. The van der Waals surface area contributed by atoms with Crippen molar-refractivity contribution < 1.29 is 4.74 Å². The second-order valence-electron chi connectivity index (χ2n) is 7.94. The molecule has 29 heavy (non-hydrogen) atoms. The molecule has 6 rings (SSSR count). The number of rotatable bonds is 2. The summed E-state index contributed by atoms with van der Waals surface area (Å²) < 4.78 is 5.68. The van der Waals surface area contributed by atoms with Crippen LogP contribution < -0.4 is 0 Å². The third-order valence-corrected chi connectivity index (χ3v) is 6.38. The summed E-state index contributed by atoms with van der Waals surface area (Å²) in [6.07, 6.45) is 0. The number of nitrogens with zero attached hydrogens (tertiary/aromatic N) is 1. The number of morpholine rings is 1. The van der Waals surface area contributed by atoms with Crippen molar-refractivity contribution in [2.45, 2.75) is 6.04 Å². The molecule has 0 aromatic heterocycles. The van der Waals surface area contributed by atoms with Crippen LogP contribution in [0.5, 0.6) is 0 Å². The first-order chi connectivity index (χ1) is 14.4. The highest BCUT2D eigenvalue weighted by Crippen LogP contribution is 2.52. The lowest BCUT2D eigenvalue weighted by Gasteiger charge is -2.34. The molecule has 1 heterocycles. The van der Waals surface area contributed by atoms with E-state index in [4.69, 9.17) is 4.74 Å². The van der Waals surface area contributed by atoms with E-state index in [1.165, 1.54) is 44.2 Å². The van der Waals surface area contributed by atoms with Crippen LogP contribution in [0.1, 0.15) is 17.2 Å². The van der Waals surface area contributed by atoms with E-state index in [2.05, 4.69) is 89.8 Å². The van der Waals surface area contributed by atoms with Gasteiger partial charge in [0.05, 0.1) is 19.3 Å². The molecule has 2 aliphatic rings. The van der Waals surface area contributed by atoms with Gasteiger partial charge in [0.15, 0.2) is 0 Å². The van der Waals surface area contributed by atoms with E-state index in [9.17, 15) is 0 Å². The van der Waals surface area contributed by atoms with Crippen molar-refractivity contribution in [3.63, 3.8) is 0 Å². The van der Waals surface area contributed by atoms with Crippen LogP contribution in [-0.2, 0) is 4.74 Å². The van der Waals surface area contributed by atoms with Gasteiger partial charge in [-0.1, -0.05) is 78.9 Å². The van der Waals surface area contributed by atoms with E-state index in [0.717, 1.165) is 26.3 Å². The topological polar surface area (TPSA) is 12.5 Å². The van der Waals surface area contributed by atoms with Gasteiger partial charge in [0, 0.05) is 13.1 Å². The van der Waals surface area contributed by atoms with E-state index < -0.39 is 0 Å². The normalized spacial score (nSPS) is 18.6. The van der Waals surface area contributed by atoms with E-state index in [0.29, 0.717) is 0 Å². The van der Waals surface area contributed by atoms with Crippen molar-refractivity contribution in [3.8, 4) is 22.3 Å². The Morgan fingerprint density at radius 3 is 2.31 bits per heavy atom. The molecule has 0 spiro atoms. The lowest BCUT2D eigenvalue weighted by Crippen LogP contribution is -2.39. The van der Waals surface area contributed by atoms with Crippen LogP contribution >= 0.6 is 0 Å². The van der Waals surface area contributed by atoms with E-state index >= 15 is 0 Å². The molecule has 1 aliphatic carbocycles. The quantitative estimate of drug-likeness (QED) is 0.431. The number of benzene rings is 4. The van der Waals surface area contributed by atoms with E-state index in [1.54, 1.807) is 0 Å². The molecule has 4 aromatic carbocycles. The summed E-state index contributed by atoms with van der Waals surface area (Å²) in [5.74, 6) is 0. The Balaban J connectivity index is 1.71. The van der Waals surface area contributed by atoms with Crippen LogP contribution in [0.3, 0.4) is 0 Å². The molecule has 2 nitrogen and oxygen atoms in total. The molecule has 1 fully saturated rings. The standard InChI is InChI=1S/C27H23NO/c1-2-8-19(9-3-1)25-21-11-5-4-10-20(21)18-24-22-12-6-7-13-23(22)27(26(24)25)28-14-16-29-17-15-28/h1-13,18,27H,14-17H2/t27-/m0/s1. The fourth-order valence-electron chi connectivity index (χ4n) is 5.14. The third kappa shape index (κ3) is 2.64. The lowest BCUT2D eigenvalue weighted by atomic mass is 9.88. The smallest absolute Gasteiger partial charge is 0.0621 e. The molecule has 0 N–H and O–H groups in total. The van der Waals surface area contributed by atoms with Crippen LogP contribution in [-0.4, -0.2) is 31.2 Å². The summed E-state index contributed by atoms with van der Waals surface area (Å²) in [4.78, 5) is 2.61. The van der Waals surface area contributed by atoms with Crippen molar-refractivity contribution in [1.82, 2.24) is 4.90 Å². The highest BCUT2D eigenvalue weighted by molar-refractivity contribution is 6.04. The van der Waals surface area contributed by atoms with Crippen molar-refractivity contribution in [2.24, 2.45) is 0 Å². The van der Waals surface area contributed by atoms with Gasteiger partial charge in [0.1, 0.15) is 0 Å². The molecule has 0 bridgehead atoms. The maximum atomic E-state index is 5.68. The highest BCUT2D eigenvalue weighted by Gasteiger charge is 2.36. The molecule has 4 aromatic rings. The SMILES string of the molecule is c1ccc(-c2c3c(cc4ccccc24)-c2ccccc2[C@@H]3N2CCOCC2)cc1. The maximum Gasteiger partial charge on any atom is 0.0621 e. The predicted octanol–water partition coefficient (Wildman–Crippen LogP) is 5.91. The average Bonchev–Trinajstić information content (AvgIpc) is 3.12. The van der Waals surface area contributed by atoms with Gasteiger partial charge in [0.25, 0.3) is 0 Å². The van der Waals surface area contributed by atoms with Gasteiger partial charge < -0.3 is 4.74 Å². The summed E-state index contributed by atoms with van der Waals surface area (Å²) in [5.41, 5.74) is 8.32. The van der Waals surface area contributed by atoms with Gasteiger partial charge in [-0.05, 0) is 50.2 Å². The summed E-state index contributed by atoms with van der Waals surface area (Å²) in [6.45, 7) is 3.56. The zero-order valence-corrected chi connectivity index (χ0v) is 16.3. The number of ether oxygens (including phenoxy) is 1. The van der Waals surface area contributed by atoms with E-state index in [-0.39, 0.29) is 6.04 Å². The molecule has 0 amide bonds. The summed E-state index contributed by atoms with van der Waals surface area (Å²) in [5, 5.41) is 2.64. The largest absolute Gasteiger partial charge is 0.379 e. The van der Waals surface area contributed by atoms with Crippen LogP contribution in [0.4, 0.5) is 0 Å². The summed E-state index contributed by atoms with van der Waals surface area (Å²) in [7, 11) is 0. The van der Waals surface area contributed by atoms with Crippen LogP contribution in [0, 0.1) is 0 Å². The first-order valence-electron chi connectivity index (χ1n) is 10.4. The minimum absolute atomic E-state index is 0.282. The van der Waals surface area contributed by atoms with Gasteiger partial charge in [-0.25, -0.2) is 0 Å².